The average molecular weight is 445 g/mol. The van der Waals surface area contributed by atoms with Gasteiger partial charge < -0.3 is 9.84 Å². The highest BCUT2D eigenvalue weighted by Crippen LogP contribution is 2.55. The summed E-state index contributed by atoms with van der Waals surface area (Å²) in [4.78, 5) is 0. The number of aliphatic hydroxyl groups excluding tert-OH is 1. The minimum absolute atomic E-state index is 0.0860. The third-order valence-electron chi connectivity index (χ3n) is 8.33. The molecule has 2 aliphatic rings. The molecule has 0 aromatic rings. The summed E-state index contributed by atoms with van der Waals surface area (Å²) in [6.07, 6.45) is 18.7. The van der Waals surface area contributed by atoms with Crippen LogP contribution >= 0.6 is 0 Å². The molecule has 1 aliphatic heterocycles. The van der Waals surface area contributed by atoms with Crippen molar-refractivity contribution in [3.8, 4) is 0 Å². The summed E-state index contributed by atoms with van der Waals surface area (Å²) < 4.78 is 6.78. The van der Waals surface area contributed by atoms with Gasteiger partial charge in [-0.2, -0.15) is 0 Å². The number of allylic oxidation sites excluding steroid dienone is 6. The first-order valence-electron chi connectivity index (χ1n) is 13.2. The van der Waals surface area contributed by atoms with E-state index in [1.54, 1.807) is 0 Å². The minimum atomic E-state index is -0.411. The van der Waals surface area contributed by atoms with Gasteiger partial charge in [0.15, 0.2) is 0 Å². The lowest BCUT2D eigenvalue weighted by molar-refractivity contribution is -0.265. The molecule has 2 nitrogen and oxygen atoms in total. The second-order valence-electron chi connectivity index (χ2n) is 12.2. The van der Waals surface area contributed by atoms with Crippen molar-refractivity contribution < 1.29 is 9.84 Å². The lowest BCUT2D eigenvalue weighted by Gasteiger charge is -2.58. The first-order chi connectivity index (χ1) is 14.9. The monoisotopic (exact) mass is 444 g/mol. The van der Waals surface area contributed by atoms with Crippen LogP contribution < -0.4 is 0 Å². The Morgan fingerprint density at radius 3 is 2.09 bits per heavy atom. The van der Waals surface area contributed by atoms with Crippen molar-refractivity contribution in [1.29, 1.82) is 0 Å². The Hall–Kier alpha value is -0.860. The van der Waals surface area contributed by atoms with Crippen molar-refractivity contribution in [3.63, 3.8) is 0 Å². The molecule has 1 heterocycles. The van der Waals surface area contributed by atoms with Crippen molar-refractivity contribution in [2.45, 2.75) is 143 Å². The van der Waals surface area contributed by atoms with Crippen LogP contribution in [0.2, 0.25) is 0 Å². The minimum Gasteiger partial charge on any atom is -0.390 e. The predicted octanol–water partition coefficient (Wildman–Crippen LogP) is 8.70. The second-order valence-corrected chi connectivity index (χ2v) is 12.2. The molecule has 2 rings (SSSR count). The van der Waals surface area contributed by atoms with Gasteiger partial charge in [0.25, 0.3) is 0 Å². The summed E-state index contributed by atoms with van der Waals surface area (Å²) in [6, 6.07) is 0. The van der Waals surface area contributed by atoms with Gasteiger partial charge in [-0.1, -0.05) is 55.2 Å². The van der Waals surface area contributed by atoms with Crippen LogP contribution in [0.15, 0.2) is 34.9 Å². The van der Waals surface area contributed by atoms with Crippen LogP contribution in [0.3, 0.4) is 0 Å². The van der Waals surface area contributed by atoms with E-state index >= 15 is 0 Å². The molecule has 1 saturated carbocycles. The molecule has 0 bridgehead atoms. The summed E-state index contributed by atoms with van der Waals surface area (Å²) in [6.45, 7) is 18.1. The van der Waals surface area contributed by atoms with Crippen LogP contribution in [0.5, 0.6) is 0 Å². The fourth-order valence-electron chi connectivity index (χ4n) is 6.27. The van der Waals surface area contributed by atoms with Gasteiger partial charge in [-0.05, 0) is 117 Å². The van der Waals surface area contributed by atoms with Crippen molar-refractivity contribution in [2.24, 2.45) is 11.3 Å². The smallest absolute Gasteiger partial charge is 0.0919 e. The number of hydrogen-bond acceptors (Lipinski definition) is 2. The number of fused-ring (bicyclic) bond motifs is 1. The number of aliphatic hydroxyl groups is 1. The Balaban J connectivity index is 1.80. The molecule has 2 heteroatoms. The first-order valence-corrected chi connectivity index (χ1v) is 13.2. The lowest BCUT2D eigenvalue weighted by Crippen LogP contribution is -2.60. The molecular formula is C30H52O2. The van der Waals surface area contributed by atoms with Gasteiger partial charge >= 0.3 is 0 Å². The Labute approximate surface area is 199 Å². The molecule has 0 unspecified atom stereocenters. The summed E-state index contributed by atoms with van der Waals surface area (Å²) in [7, 11) is 0. The molecule has 32 heavy (non-hydrogen) atoms. The lowest BCUT2D eigenvalue weighted by atomic mass is 9.58. The highest BCUT2D eigenvalue weighted by molar-refractivity contribution is 5.07. The fraction of sp³-hybridized carbons (Fsp3) is 0.800. The molecule has 184 valence electrons. The van der Waals surface area contributed by atoms with E-state index < -0.39 is 11.7 Å². The van der Waals surface area contributed by atoms with Crippen molar-refractivity contribution in [2.75, 3.05) is 0 Å². The number of rotatable bonds is 10. The maximum absolute atomic E-state index is 11.1. The predicted molar refractivity (Wildman–Crippen MR) is 139 cm³/mol. The van der Waals surface area contributed by atoms with Gasteiger partial charge in [0, 0.05) is 0 Å². The van der Waals surface area contributed by atoms with Crippen LogP contribution in [0.25, 0.3) is 0 Å². The molecule has 1 saturated heterocycles. The van der Waals surface area contributed by atoms with Crippen LogP contribution in [0, 0.1) is 11.3 Å². The standard InChI is InChI=1S/C30H52O2/c1-23(2)13-9-14-24(3)15-10-16-25(4)17-11-18-27(31)30(8)22-19-26-28(5,6)20-12-21-29(26,7)32-30/h13,15,17,26-27,31H,9-12,14,16,18-22H2,1-8H3/b24-15+,25-17+/t26-,27+,29-,30+/m0/s1. The van der Waals surface area contributed by atoms with Crippen LogP contribution in [-0.4, -0.2) is 22.4 Å². The maximum atomic E-state index is 11.1. The quantitative estimate of drug-likeness (QED) is 0.341. The van der Waals surface area contributed by atoms with E-state index in [4.69, 9.17) is 4.74 Å². The molecule has 1 N–H and O–H groups in total. The average Bonchev–Trinajstić information content (AvgIpc) is 2.66. The zero-order valence-corrected chi connectivity index (χ0v) is 22.5. The Bertz CT molecular complexity index is 694. The number of ether oxygens (including phenoxy) is 1. The van der Waals surface area contributed by atoms with Crippen LogP contribution in [0.4, 0.5) is 0 Å². The van der Waals surface area contributed by atoms with E-state index in [1.165, 1.54) is 36.0 Å². The zero-order valence-electron chi connectivity index (χ0n) is 22.5. The molecule has 0 spiro atoms. The Morgan fingerprint density at radius 1 is 0.875 bits per heavy atom. The number of hydrogen-bond donors (Lipinski definition) is 1. The highest BCUT2D eigenvalue weighted by atomic mass is 16.5. The molecule has 0 radical (unpaired) electrons. The van der Waals surface area contributed by atoms with Gasteiger partial charge in [0.2, 0.25) is 0 Å². The van der Waals surface area contributed by atoms with E-state index in [0.29, 0.717) is 11.3 Å². The van der Waals surface area contributed by atoms with Gasteiger partial charge in [-0.15, -0.1) is 0 Å². The maximum Gasteiger partial charge on any atom is 0.0919 e. The molecule has 4 atom stereocenters. The third-order valence-corrected chi connectivity index (χ3v) is 8.33. The van der Waals surface area contributed by atoms with E-state index in [0.717, 1.165) is 51.4 Å². The van der Waals surface area contributed by atoms with Crippen LogP contribution in [-0.2, 0) is 4.74 Å². The van der Waals surface area contributed by atoms with Crippen molar-refractivity contribution >= 4 is 0 Å². The zero-order chi connectivity index (χ0) is 24.0. The Morgan fingerprint density at radius 2 is 1.47 bits per heavy atom. The van der Waals surface area contributed by atoms with E-state index in [9.17, 15) is 5.11 Å². The van der Waals surface area contributed by atoms with E-state index in [2.05, 4.69) is 73.6 Å². The summed E-state index contributed by atoms with van der Waals surface area (Å²) in [5, 5.41) is 11.1. The van der Waals surface area contributed by atoms with Gasteiger partial charge in [0.05, 0.1) is 17.3 Å². The van der Waals surface area contributed by atoms with Gasteiger partial charge in [-0.3, -0.25) is 0 Å². The second kappa shape index (κ2) is 11.5. The van der Waals surface area contributed by atoms with Gasteiger partial charge in [-0.25, -0.2) is 0 Å². The first kappa shape index (κ1) is 27.4. The van der Waals surface area contributed by atoms with Gasteiger partial charge in [0.1, 0.15) is 0 Å². The summed E-state index contributed by atoms with van der Waals surface area (Å²) in [5.74, 6) is 0.602. The summed E-state index contributed by atoms with van der Waals surface area (Å²) >= 11 is 0. The van der Waals surface area contributed by atoms with E-state index in [1.807, 2.05) is 0 Å². The highest BCUT2D eigenvalue weighted by Gasteiger charge is 2.54. The topological polar surface area (TPSA) is 29.5 Å². The van der Waals surface area contributed by atoms with Crippen molar-refractivity contribution in [3.05, 3.63) is 34.9 Å². The van der Waals surface area contributed by atoms with Crippen LogP contribution in [0.1, 0.15) is 126 Å². The fourth-order valence-corrected chi connectivity index (χ4v) is 6.27. The largest absolute Gasteiger partial charge is 0.390 e. The van der Waals surface area contributed by atoms with Crippen molar-refractivity contribution in [1.82, 2.24) is 0 Å². The molecule has 0 amide bonds. The molecule has 1 aliphatic carbocycles. The molecule has 2 fully saturated rings. The summed E-state index contributed by atoms with van der Waals surface area (Å²) in [5.41, 5.74) is 4.18. The Kier molecular flexibility index (Phi) is 9.86. The molecule has 0 aromatic heterocycles. The molecule has 0 aromatic carbocycles. The molecular weight excluding hydrogens is 392 g/mol. The normalized spacial score (nSPS) is 31.7. The SMILES string of the molecule is CC(C)=CCC/C(C)=C/CC/C(C)=C/CC[C@@H](O)[C@@]1(C)CC[C@H]2C(C)(C)CCC[C@]2(C)O1. The van der Waals surface area contributed by atoms with E-state index in [-0.39, 0.29) is 5.60 Å². The third kappa shape index (κ3) is 7.59.